The van der Waals surface area contributed by atoms with E-state index in [0.29, 0.717) is 6.42 Å². The van der Waals surface area contributed by atoms with Gasteiger partial charge in [-0.2, -0.15) is 0 Å². The zero-order valence-corrected chi connectivity index (χ0v) is 7.08. The second-order valence-corrected chi connectivity index (χ2v) is 7.50. The largest absolute Gasteiger partial charge is 0.452 e. The summed E-state index contributed by atoms with van der Waals surface area (Å²) in [4.78, 5) is 16.6. The molecule has 0 aromatic rings. The zero-order chi connectivity index (χ0) is 7.49. The van der Waals surface area contributed by atoms with Gasteiger partial charge in [-0.3, -0.25) is 0 Å². The van der Waals surface area contributed by atoms with E-state index in [1.165, 1.54) is 0 Å². The molecule has 56 valence electrons. The van der Waals surface area contributed by atoms with Gasteiger partial charge in [-0.05, 0) is 6.42 Å². The molecular weight excluding hydrogens is 160 g/mol. The molecule has 0 aliphatic rings. The van der Waals surface area contributed by atoms with Crippen LogP contribution in [0.5, 0.6) is 0 Å². The van der Waals surface area contributed by atoms with Crippen molar-refractivity contribution in [3.05, 3.63) is 0 Å². The summed E-state index contributed by atoms with van der Waals surface area (Å²) in [6, 6.07) is 0. The number of hydrogen-bond donors (Lipinski definition) is 2. The minimum Gasteiger partial charge on any atom is -0.402 e. The third-order valence-corrected chi connectivity index (χ3v) is 5.06. The first-order chi connectivity index (χ1) is 4.00. The van der Waals surface area contributed by atoms with Crippen molar-refractivity contribution in [3.63, 3.8) is 0 Å². The van der Waals surface area contributed by atoms with Crippen LogP contribution < -0.4 is 0 Å². The molecule has 0 saturated heterocycles. The first-order valence-corrected chi connectivity index (χ1v) is 6.74. The van der Waals surface area contributed by atoms with Crippen LogP contribution in [0.15, 0.2) is 0 Å². The van der Waals surface area contributed by atoms with Crippen LogP contribution in [0.2, 0.25) is 0 Å². The zero-order valence-electron chi connectivity index (χ0n) is 5.11. The van der Waals surface area contributed by atoms with E-state index in [4.69, 9.17) is 9.59 Å². The summed E-state index contributed by atoms with van der Waals surface area (Å²) >= 11 is 0. The standard InChI is InChI=1S/C3H10O4SSi/c1-2-3-8(4,5)9(6)7/h6-7,9H,2-3H2,1H3. The summed E-state index contributed by atoms with van der Waals surface area (Å²) in [7, 11) is -6.92. The van der Waals surface area contributed by atoms with Gasteiger partial charge < -0.3 is 9.59 Å². The van der Waals surface area contributed by atoms with Gasteiger partial charge in [0.2, 0.25) is 0 Å². The number of rotatable bonds is 3. The van der Waals surface area contributed by atoms with Gasteiger partial charge in [0, 0.05) is 5.75 Å². The third-order valence-electron chi connectivity index (χ3n) is 0.810. The smallest absolute Gasteiger partial charge is 0.402 e. The molecule has 0 atom stereocenters. The van der Waals surface area contributed by atoms with Gasteiger partial charge in [-0.1, -0.05) is 6.92 Å². The van der Waals surface area contributed by atoms with Crippen molar-refractivity contribution in [2.75, 3.05) is 5.75 Å². The lowest BCUT2D eigenvalue weighted by atomic mass is 10.6. The van der Waals surface area contributed by atoms with Gasteiger partial charge >= 0.3 is 8.43 Å². The molecule has 9 heavy (non-hydrogen) atoms. The molecule has 0 radical (unpaired) electrons. The van der Waals surface area contributed by atoms with Crippen LogP contribution in [0.1, 0.15) is 13.3 Å². The van der Waals surface area contributed by atoms with Crippen LogP contribution in [-0.2, 0) is 9.29 Å². The molecule has 0 aliphatic heterocycles. The van der Waals surface area contributed by atoms with Crippen molar-refractivity contribution in [2.45, 2.75) is 13.3 Å². The van der Waals surface area contributed by atoms with Crippen molar-refractivity contribution in [3.8, 4) is 0 Å². The Morgan fingerprint density at radius 3 is 2.00 bits per heavy atom. The predicted octanol–water partition coefficient (Wildman–Crippen LogP) is -1.49. The molecule has 0 aliphatic carbocycles. The van der Waals surface area contributed by atoms with Crippen LogP contribution in [0, 0.1) is 0 Å². The SMILES string of the molecule is CCCS(=O)(=O)[SiH](O)O. The van der Waals surface area contributed by atoms with Crippen LogP contribution in [0.25, 0.3) is 0 Å². The highest BCUT2D eigenvalue weighted by molar-refractivity contribution is 8.16. The van der Waals surface area contributed by atoms with E-state index in [1.54, 1.807) is 6.92 Å². The van der Waals surface area contributed by atoms with E-state index in [0.717, 1.165) is 0 Å². The lowest BCUT2D eigenvalue weighted by molar-refractivity contribution is 0.427. The quantitative estimate of drug-likeness (QED) is 0.506. The van der Waals surface area contributed by atoms with Crippen LogP contribution in [0.3, 0.4) is 0 Å². The summed E-state index contributed by atoms with van der Waals surface area (Å²) < 4.78 is 21.0. The fourth-order valence-electron chi connectivity index (χ4n) is 0.390. The normalized spacial score (nSPS) is 12.4. The molecule has 0 amide bonds. The fourth-order valence-corrected chi connectivity index (χ4v) is 2.51. The van der Waals surface area contributed by atoms with Gasteiger partial charge in [0.15, 0.2) is 9.29 Å². The molecule has 2 N–H and O–H groups in total. The molecule has 0 aromatic heterocycles. The van der Waals surface area contributed by atoms with Gasteiger partial charge in [0.05, 0.1) is 0 Å². The Bertz CT molecular complexity index is 161. The van der Waals surface area contributed by atoms with Crippen LogP contribution in [-0.4, -0.2) is 32.2 Å². The molecule has 0 bridgehead atoms. The lowest BCUT2D eigenvalue weighted by Gasteiger charge is -1.99. The topological polar surface area (TPSA) is 74.6 Å². The fraction of sp³-hybridized carbons (Fsp3) is 1.00. The highest BCUT2D eigenvalue weighted by atomic mass is 32.4. The maximum Gasteiger partial charge on any atom is 0.452 e. The molecule has 0 spiro atoms. The third kappa shape index (κ3) is 2.94. The van der Waals surface area contributed by atoms with Gasteiger partial charge in [-0.25, -0.2) is 8.42 Å². The molecule has 4 nitrogen and oxygen atoms in total. The first-order valence-electron chi connectivity index (χ1n) is 2.58. The summed E-state index contributed by atoms with van der Waals surface area (Å²) in [5, 5.41) is 0. The number of hydrogen-bond acceptors (Lipinski definition) is 4. The Kier molecular flexibility index (Phi) is 3.34. The van der Waals surface area contributed by atoms with Gasteiger partial charge in [-0.15, -0.1) is 0 Å². The van der Waals surface area contributed by atoms with Crippen molar-refractivity contribution in [2.24, 2.45) is 0 Å². The highest BCUT2D eigenvalue weighted by Crippen LogP contribution is 1.93. The van der Waals surface area contributed by atoms with Gasteiger partial charge in [0.1, 0.15) is 0 Å². The van der Waals surface area contributed by atoms with Crippen molar-refractivity contribution in [1.82, 2.24) is 0 Å². The summed E-state index contributed by atoms with van der Waals surface area (Å²) in [5.74, 6) is -0.114. The Hall–Kier alpha value is 0.0869. The van der Waals surface area contributed by atoms with E-state index in [1.807, 2.05) is 0 Å². The second-order valence-electron chi connectivity index (χ2n) is 1.69. The molecule has 0 rings (SSSR count). The van der Waals surface area contributed by atoms with E-state index in [-0.39, 0.29) is 5.75 Å². The van der Waals surface area contributed by atoms with Crippen LogP contribution >= 0.6 is 0 Å². The van der Waals surface area contributed by atoms with E-state index < -0.39 is 17.7 Å². The van der Waals surface area contributed by atoms with Crippen molar-refractivity contribution < 1.29 is 18.0 Å². The minimum atomic E-state index is -3.50. The van der Waals surface area contributed by atoms with E-state index >= 15 is 0 Å². The highest BCUT2D eigenvalue weighted by Gasteiger charge is 2.22. The van der Waals surface area contributed by atoms with Crippen LogP contribution in [0.4, 0.5) is 0 Å². The molecule has 6 heteroatoms. The Labute approximate surface area is 55.6 Å². The molecule has 0 aromatic carbocycles. The van der Waals surface area contributed by atoms with Crippen molar-refractivity contribution >= 4 is 17.7 Å². The average Bonchev–Trinajstić information content (AvgIpc) is 1.65. The Balaban J connectivity index is 4.05. The van der Waals surface area contributed by atoms with E-state index in [2.05, 4.69) is 0 Å². The predicted molar refractivity (Wildman–Crippen MR) is 35.7 cm³/mol. The van der Waals surface area contributed by atoms with E-state index in [9.17, 15) is 8.42 Å². The molecule has 0 saturated carbocycles. The monoisotopic (exact) mass is 170 g/mol. The molecule has 0 fully saturated rings. The molecule has 0 heterocycles. The maximum absolute atomic E-state index is 10.5. The van der Waals surface area contributed by atoms with Gasteiger partial charge in [0.25, 0.3) is 0 Å². The molecule has 0 unspecified atom stereocenters. The Morgan fingerprint density at radius 1 is 1.44 bits per heavy atom. The first kappa shape index (κ1) is 9.09. The lowest BCUT2D eigenvalue weighted by Crippen LogP contribution is -2.28. The summed E-state index contributed by atoms with van der Waals surface area (Å²) in [5.41, 5.74) is 0. The minimum absolute atomic E-state index is 0.114. The second kappa shape index (κ2) is 3.30. The maximum atomic E-state index is 10.5. The van der Waals surface area contributed by atoms with Crippen molar-refractivity contribution in [1.29, 1.82) is 0 Å². The summed E-state index contributed by atoms with van der Waals surface area (Å²) in [6.45, 7) is 1.67. The average molecular weight is 170 g/mol. The Morgan fingerprint density at radius 2 is 1.89 bits per heavy atom. The molecular formula is C3H10O4SSi. The summed E-state index contributed by atoms with van der Waals surface area (Å²) in [6.07, 6.45) is 0.437.